The van der Waals surface area contributed by atoms with Crippen LogP contribution < -0.4 is 0 Å². The van der Waals surface area contributed by atoms with Gasteiger partial charge in [0.1, 0.15) is 0 Å². The van der Waals surface area contributed by atoms with Gasteiger partial charge < -0.3 is 0 Å². The van der Waals surface area contributed by atoms with E-state index < -0.39 is 15.8 Å². The van der Waals surface area contributed by atoms with Crippen molar-refractivity contribution in [3.05, 3.63) is 66.8 Å². The van der Waals surface area contributed by atoms with Gasteiger partial charge in [0.05, 0.1) is 0 Å². The van der Waals surface area contributed by atoms with Gasteiger partial charge in [-0.15, -0.1) is 0 Å². The second-order valence-corrected chi connectivity index (χ2v) is 13.1. The van der Waals surface area contributed by atoms with Gasteiger partial charge in [-0.1, -0.05) is 0 Å². The quantitative estimate of drug-likeness (QED) is 0.569. The van der Waals surface area contributed by atoms with Crippen LogP contribution in [0.3, 0.4) is 0 Å². The fourth-order valence-electron chi connectivity index (χ4n) is 1.41. The van der Waals surface area contributed by atoms with Crippen LogP contribution in [-0.4, -0.2) is 0 Å². The normalized spacial score (nSPS) is 11.3. The summed E-state index contributed by atoms with van der Waals surface area (Å²) in [6, 6.07) is 18.0. The van der Waals surface area contributed by atoms with E-state index >= 15 is 0 Å². The summed E-state index contributed by atoms with van der Waals surface area (Å²) < 4.78 is 3.05. The fraction of sp³-hybridized carbons (Fsp3) is 0.143. The van der Waals surface area contributed by atoms with Crippen LogP contribution in [0.2, 0.25) is 0 Å². The summed E-state index contributed by atoms with van der Waals surface area (Å²) in [4.78, 5) is 0. The van der Waals surface area contributed by atoms with Crippen LogP contribution in [0, 0.1) is 21.0 Å². The first-order valence-electron chi connectivity index (χ1n) is 5.16. The van der Waals surface area contributed by atoms with E-state index in [2.05, 4.69) is 81.0 Å². The van der Waals surface area contributed by atoms with Crippen LogP contribution in [0.15, 0.2) is 48.5 Å². The first-order valence-corrected chi connectivity index (χ1v) is 13.6. The first-order chi connectivity index (χ1) is 7.66. The van der Waals surface area contributed by atoms with Crippen LogP contribution in [0.1, 0.15) is 11.1 Å². The molecular weight excluding hydrogens is 422 g/mol. The molecule has 0 aliphatic carbocycles. The van der Waals surface area contributed by atoms with Crippen LogP contribution in [-0.2, 0) is 0 Å². The molecule has 16 heavy (non-hydrogen) atoms. The third-order valence-electron chi connectivity index (χ3n) is 2.40. The van der Waals surface area contributed by atoms with Gasteiger partial charge in [-0.05, 0) is 0 Å². The summed E-state index contributed by atoms with van der Waals surface area (Å²) in [5.41, 5.74) is 2.68. The van der Waals surface area contributed by atoms with Crippen molar-refractivity contribution in [2.45, 2.75) is 13.8 Å². The average molecular weight is 436 g/mol. The molecule has 0 spiro atoms. The van der Waals surface area contributed by atoms with Gasteiger partial charge in [-0.3, -0.25) is 0 Å². The molecule has 0 bridgehead atoms. The van der Waals surface area contributed by atoms with Crippen molar-refractivity contribution >= 4 is 34.5 Å². The number of hydrogen-bond donors (Lipinski definition) is 0. The summed E-state index contributed by atoms with van der Waals surface area (Å²) in [5, 5.41) is 0. The predicted molar refractivity (Wildman–Crippen MR) is 87.8 cm³/mol. The van der Waals surface area contributed by atoms with E-state index in [4.69, 9.17) is 0 Å². The third-order valence-corrected chi connectivity index (χ3v) is 12.3. The molecule has 2 aromatic rings. The van der Waals surface area contributed by atoms with E-state index in [-0.39, 0.29) is 0 Å². The second kappa shape index (κ2) is 5.49. The van der Waals surface area contributed by atoms with Gasteiger partial charge in [-0.2, -0.15) is 0 Å². The zero-order valence-electron chi connectivity index (χ0n) is 9.37. The zero-order valence-corrected chi connectivity index (χ0v) is 13.7. The Balaban J connectivity index is 2.28. The summed E-state index contributed by atoms with van der Waals surface area (Å²) in [6.45, 7) is 4.28. The Bertz CT molecular complexity index is 412. The van der Waals surface area contributed by atoms with Crippen molar-refractivity contribution in [1.82, 2.24) is 0 Å². The molecule has 2 aromatic carbocycles. The van der Waals surface area contributed by atoms with Gasteiger partial charge in [0, 0.05) is 0 Å². The van der Waals surface area contributed by atoms with E-state index in [1.54, 1.807) is 0 Å². The molecule has 2 heteroatoms. The number of hydrogen-bond acceptors (Lipinski definition) is 0. The molecule has 2 rings (SSSR count). The van der Waals surface area contributed by atoms with E-state index in [1.165, 1.54) is 18.3 Å². The zero-order chi connectivity index (χ0) is 11.5. The van der Waals surface area contributed by atoms with Gasteiger partial charge in [0.2, 0.25) is 0 Å². The molecule has 0 saturated carbocycles. The first kappa shape index (κ1) is 12.4. The van der Waals surface area contributed by atoms with E-state index in [0.717, 1.165) is 0 Å². The SMILES string of the molecule is Cc1ccc(I(I)c2ccc(C)cc2)cc1. The van der Waals surface area contributed by atoms with Crippen LogP contribution in [0.5, 0.6) is 0 Å². The summed E-state index contributed by atoms with van der Waals surface area (Å²) in [6.07, 6.45) is 0. The molecule has 84 valence electrons. The van der Waals surface area contributed by atoms with Crippen LogP contribution >= 0.6 is 34.5 Å². The minimum absolute atomic E-state index is 1.17. The molecule has 0 heterocycles. The average Bonchev–Trinajstić information content (AvgIpc) is 2.30. The Morgan fingerprint density at radius 1 is 0.688 bits per heavy atom. The van der Waals surface area contributed by atoms with E-state index in [0.29, 0.717) is 0 Å². The summed E-state index contributed by atoms with van der Waals surface area (Å²) in [7, 11) is 0. The number of halogens is 2. The van der Waals surface area contributed by atoms with Crippen molar-refractivity contribution in [2.24, 2.45) is 0 Å². The van der Waals surface area contributed by atoms with Crippen LogP contribution in [0.25, 0.3) is 0 Å². The number of rotatable bonds is 2. The van der Waals surface area contributed by atoms with Crippen molar-refractivity contribution < 1.29 is 0 Å². The number of aryl methyl sites for hydroxylation is 2. The summed E-state index contributed by atoms with van der Waals surface area (Å²) >= 11 is 1.48. The molecule has 0 aromatic heterocycles. The summed E-state index contributed by atoms with van der Waals surface area (Å²) in [5.74, 6) is 0. The fourth-order valence-corrected chi connectivity index (χ4v) is 7.76. The number of benzene rings is 2. The van der Waals surface area contributed by atoms with E-state index in [1.807, 2.05) is 0 Å². The van der Waals surface area contributed by atoms with Crippen molar-refractivity contribution in [3.8, 4) is 0 Å². The Kier molecular flexibility index (Phi) is 4.24. The van der Waals surface area contributed by atoms with Crippen molar-refractivity contribution in [1.29, 1.82) is 0 Å². The molecule has 0 aliphatic rings. The van der Waals surface area contributed by atoms with Gasteiger partial charge in [0.25, 0.3) is 0 Å². The van der Waals surface area contributed by atoms with E-state index in [9.17, 15) is 0 Å². The van der Waals surface area contributed by atoms with Gasteiger partial charge in [0.15, 0.2) is 0 Å². The minimum atomic E-state index is -1.17. The molecule has 0 fully saturated rings. The predicted octanol–water partition coefficient (Wildman–Crippen LogP) is 5.20. The molecule has 0 nitrogen and oxygen atoms in total. The second-order valence-electron chi connectivity index (χ2n) is 3.83. The maximum atomic E-state index is 2.65. The topological polar surface area (TPSA) is 0 Å². The molecule has 0 radical (unpaired) electrons. The van der Waals surface area contributed by atoms with Crippen molar-refractivity contribution in [2.75, 3.05) is 0 Å². The Morgan fingerprint density at radius 2 is 1.00 bits per heavy atom. The Labute approximate surface area is 114 Å². The molecule has 0 saturated heterocycles. The van der Waals surface area contributed by atoms with Crippen molar-refractivity contribution in [3.63, 3.8) is 0 Å². The molecule has 0 unspecified atom stereocenters. The standard InChI is InChI=1S/C14H14I2/c1-11-3-7-13(8-4-11)16(15)14-9-5-12(2)6-10-14/h3-10H,1-2H3. The Morgan fingerprint density at radius 3 is 1.31 bits per heavy atom. The molecule has 0 aliphatic heterocycles. The molecular formula is C14H14I2. The molecule has 0 N–H and O–H groups in total. The monoisotopic (exact) mass is 436 g/mol. The van der Waals surface area contributed by atoms with Crippen LogP contribution in [0.4, 0.5) is 0 Å². The van der Waals surface area contributed by atoms with Gasteiger partial charge in [-0.25, -0.2) is 0 Å². The Hall–Kier alpha value is -0.100. The van der Waals surface area contributed by atoms with Gasteiger partial charge >= 0.3 is 115 Å². The third kappa shape index (κ3) is 2.97. The molecule has 0 atom stereocenters. The maximum absolute atomic E-state index is 2.65. The molecule has 0 amide bonds.